The van der Waals surface area contributed by atoms with Crippen LogP contribution in [0.15, 0.2) is 12.4 Å². The lowest BCUT2D eigenvalue weighted by atomic mass is 10.0. The number of hydrogen-bond donors (Lipinski definition) is 3. The van der Waals surface area contributed by atoms with Crippen molar-refractivity contribution in [1.29, 1.82) is 0 Å². The van der Waals surface area contributed by atoms with E-state index in [2.05, 4.69) is 15.7 Å². The molecule has 1 saturated heterocycles. The molecule has 7 nitrogen and oxygen atoms in total. The third-order valence-corrected chi connectivity index (χ3v) is 2.74. The number of amides is 1. The van der Waals surface area contributed by atoms with Gasteiger partial charge in [-0.25, -0.2) is 4.79 Å². The van der Waals surface area contributed by atoms with Gasteiger partial charge in [0.05, 0.1) is 12.1 Å². The lowest BCUT2D eigenvalue weighted by Gasteiger charge is -2.27. The minimum atomic E-state index is -1.08. The summed E-state index contributed by atoms with van der Waals surface area (Å²) in [7, 11) is 1.69. The van der Waals surface area contributed by atoms with E-state index in [0.717, 1.165) is 0 Å². The van der Waals surface area contributed by atoms with Crippen LogP contribution in [-0.4, -0.2) is 39.9 Å². The molecule has 1 amide bonds. The van der Waals surface area contributed by atoms with E-state index >= 15 is 0 Å². The van der Waals surface area contributed by atoms with Gasteiger partial charge < -0.3 is 15.7 Å². The van der Waals surface area contributed by atoms with Gasteiger partial charge in [-0.1, -0.05) is 0 Å². The second kappa shape index (κ2) is 4.54. The number of hydrogen-bond acceptors (Lipinski definition) is 4. The molecular formula is C10H14N4O3. The number of carboxylic acids is 1. The molecule has 1 aliphatic rings. The summed E-state index contributed by atoms with van der Waals surface area (Å²) in [6.45, 7) is 1.20. The van der Waals surface area contributed by atoms with Gasteiger partial charge >= 0.3 is 5.97 Å². The van der Waals surface area contributed by atoms with Crippen LogP contribution in [-0.2, 0) is 16.6 Å². The summed E-state index contributed by atoms with van der Waals surface area (Å²) in [5, 5.41) is 18.5. The van der Waals surface area contributed by atoms with E-state index in [1.54, 1.807) is 13.2 Å². The molecule has 2 rings (SSSR count). The van der Waals surface area contributed by atoms with Crippen molar-refractivity contribution in [2.24, 2.45) is 13.0 Å². The number of rotatable bonds is 4. The van der Waals surface area contributed by atoms with Crippen LogP contribution in [0.25, 0.3) is 0 Å². The maximum absolute atomic E-state index is 11.7. The number of carbonyl (C=O) groups is 2. The Bertz CT molecular complexity index is 439. The van der Waals surface area contributed by atoms with Crippen LogP contribution in [0.1, 0.15) is 11.6 Å². The summed E-state index contributed by atoms with van der Waals surface area (Å²) in [5.74, 6) is -1.45. The van der Waals surface area contributed by atoms with Crippen molar-refractivity contribution >= 4 is 11.9 Å². The third-order valence-electron chi connectivity index (χ3n) is 2.74. The Labute approximate surface area is 97.8 Å². The molecule has 2 heterocycles. The highest BCUT2D eigenvalue weighted by Gasteiger charge is 2.30. The molecule has 1 aliphatic heterocycles. The molecule has 17 heavy (non-hydrogen) atoms. The zero-order valence-electron chi connectivity index (χ0n) is 9.38. The van der Waals surface area contributed by atoms with E-state index in [1.807, 2.05) is 0 Å². The van der Waals surface area contributed by atoms with E-state index in [1.165, 1.54) is 10.9 Å². The first-order chi connectivity index (χ1) is 8.08. The summed E-state index contributed by atoms with van der Waals surface area (Å²) in [5.41, 5.74) is 0.473. The molecule has 0 saturated carbocycles. The standard InChI is InChI=1S/C10H14N4O3/c1-14-5-7(4-12-14)8(10(16)17)13-9(15)6-2-11-3-6/h4-6,8,11H,2-3H2,1H3,(H,13,15)(H,16,17). The fourth-order valence-corrected chi connectivity index (χ4v) is 1.61. The van der Waals surface area contributed by atoms with Crippen molar-refractivity contribution in [3.63, 3.8) is 0 Å². The number of aryl methyl sites for hydroxylation is 1. The molecule has 3 N–H and O–H groups in total. The summed E-state index contributed by atoms with van der Waals surface area (Å²) >= 11 is 0. The quantitative estimate of drug-likeness (QED) is 0.617. The van der Waals surface area contributed by atoms with Crippen LogP contribution in [0.4, 0.5) is 0 Å². The van der Waals surface area contributed by atoms with Crippen molar-refractivity contribution in [3.8, 4) is 0 Å². The predicted molar refractivity (Wildman–Crippen MR) is 58.1 cm³/mol. The Morgan fingerprint density at radius 1 is 1.65 bits per heavy atom. The van der Waals surface area contributed by atoms with Crippen molar-refractivity contribution in [3.05, 3.63) is 18.0 Å². The highest BCUT2D eigenvalue weighted by atomic mass is 16.4. The summed E-state index contributed by atoms with van der Waals surface area (Å²) < 4.78 is 1.50. The molecule has 0 bridgehead atoms. The number of aromatic nitrogens is 2. The molecular weight excluding hydrogens is 224 g/mol. The van der Waals surface area contributed by atoms with Crippen LogP contribution >= 0.6 is 0 Å². The fourth-order valence-electron chi connectivity index (χ4n) is 1.61. The molecule has 0 radical (unpaired) electrons. The lowest BCUT2D eigenvalue weighted by Crippen LogP contribution is -2.52. The molecule has 92 valence electrons. The fraction of sp³-hybridized carbons (Fsp3) is 0.500. The number of carbonyl (C=O) groups excluding carboxylic acids is 1. The normalized spacial score (nSPS) is 17.2. The first-order valence-corrected chi connectivity index (χ1v) is 5.30. The van der Waals surface area contributed by atoms with E-state index < -0.39 is 12.0 Å². The second-order valence-corrected chi connectivity index (χ2v) is 4.08. The van der Waals surface area contributed by atoms with Gasteiger partial charge in [0, 0.05) is 31.9 Å². The summed E-state index contributed by atoms with van der Waals surface area (Å²) in [6, 6.07) is -1.03. The summed E-state index contributed by atoms with van der Waals surface area (Å²) in [6.07, 6.45) is 3.02. The zero-order valence-corrected chi connectivity index (χ0v) is 9.38. The van der Waals surface area contributed by atoms with Gasteiger partial charge in [-0.15, -0.1) is 0 Å². The minimum absolute atomic E-state index is 0.131. The first-order valence-electron chi connectivity index (χ1n) is 5.30. The molecule has 0 aromatic carbocycles. The van der Waals surface area contributed by atoms with E-state index in [-0.39, 0.29) is 11.8 Å². The minimum Gasteiger partial charge on any atom is -0.479 e. The predicted octanol–water partition coefficient (Wildman–Crippen LogP) is -1.12. The average Bonchev–Trinajstić information content (AvgIpc) is 2.57. The Kier molecular flexibility index (Phi) is 3.10. The highest BCUT2D eigenvalue weighted by Crippen LogP contribution is 2.14. The van der Waals surface area contributed by atoms with Crippen LogP contribution < -0.4 is 10.6 Å². The van der Waals surface area contributed by atoms with Gasteiger partial charge in [0.2, 0.25) is 5.91 Å². The summed E-state index contributed by atoms with van der Waals surface area (Å²) in [4.78, 5) is 22.8. The smallest absolute Gasteiger partial charge is 0.331 e. The molecule has 1 aromatic heterocycles. The molecule has 1 unspecified atom stereocenters. The van der Waals surface area contributed by atoms with Crippen molar-refractivity contribution in [1.82, 2.24) is 20.4 Å². The molecule has 1 aromatic rings. The van der Waals surface area contributed by atoms with Crippen LogP contribution in [0.2, 0.25) is 0 Å². The largest absolute Gasteiger partial charge is 0.479 e. The van der Waals surface area contributed by atoms with Crippen molar-refractivity contribution in [2.75, 3.05) is 13.1 Å². The van der Waals surface area contributed by atoms with Gasteiger partial charge in [0.25, 0.3) is 0 Å². The molecule has 0 spiro atoms. The average molecular weight is 238 g/mol. The van der Waals surface area contributed by atoms with Crippen LogP contribution in [0.5, 0.6) is 0 Å². The second-order valence-electron chi connectivity index (χ2n) is 4.08. The van der Waals surface area contributed by atoms with Gasteiger partial charge in [-0.05, 0) is 0 Å². The number of carboxylic acid groups (broad SMARTS) is 1. The molecule has 0 aliphatic carbocycles. The number of aliphatic carboxylic acids is 1. The third kappa shape index (κ3) is 2.44. The van der Waals surface area contributed by atoms with Gasteiger partial charge in [-0.2, -0.15) is 5.10 Å². The SMILES string of the molecule is Cn1cc(C(NC(=O)C2CNC2)C(=O)O)cn1. The highest BCUT2D eigenvalue weighted by molar-refractivity contribution is 5.86. The van der Waals surface area contributed by atoms with Crippen molar-refractivity contribution < 1.29 is 14.7 Å². The molecule has 1 atom stereocenters. The lowest BCUT2D eigenvalue weighted by molar-refractivity contribution is -0.143. The van der Waals surface area contributed by atoms with E-state index in [9.17, 15) is 9.59 Å². The molecule has 7 heteroatoms. The Morgan fingerprint density at radius 3 is 2.76 bits per heavy atom. The van der Waals surface area contributed by atoms with Crippen LogP contribution in [0.3, 0.4) is 0 Å². The molecule has 1 fully saturated rings. The first kappa shape index (κ1) is 11.6. The Morgan fingerprint density at radius 2 is 2.35 bits per heavy atom. The van der Waals surface area contributed by atoms with Gasteiger partial charge in [0.15, 0.2) is 6.04 Å². The Balaban J connectivity index is 2.07. The number of nitrogens with zero attached hydrogens (tertiary/aromatic N) is 2. The van der Waals surface area contributed by atoms with Gasteiger partial charge in [0.1, 0.15) is 0 Å². The monoisotopic (exact) mass is 238 g/mol. The van der Waals surface area contributed by atoms with Gasteiger partial charge in [-0.3, -0.25) is 9.48 Å². The zero-order chi connectivity index (χ0) is 12.4. The maximum Gasteiger partial charge on any atom is 0.331 e. The maximum atomic E-state index is 11.7. The Hall–Kier alpha value is -1.89. The van der Waals surface area contributed by atoms with Crippen molar-refractivity contribution in [2.45, 2.75) is 6.04 Å². The van der Waals surface area contributed by atoms with E-state index in [0.29, 0.717) is 18.7 Å². The van der Waals surface area contributed by atoms with E-state index in [4.69, 9.17) is 5.11 Å². The van der Waals surface area contributed by atoms with Crippen LogP contribution in [0, 0.1) is 5.92 Å². The topological polar surface area (TPSA) is 96.2 Å². The number of nitrogens with one attached hydrogen (secondary N) is 2.